The number of allylic oxidation sites excluding steroid dienone is 4. The fourth-order valence-corrected chi connectivity index (χ4v) is 0.914. The molecule has 2 nitrogen and oxygen atoms in total. The summed E-state index contributed by atoms with van der Waals surface area (Å²) in [7, 11) is 0. The van der Waals surface area contributed by atoms with E-state index in [4.69, 9.17) is 9.59 Å². The van der Waals surface area contributed by atoms with E-state index in [1.165, 1.54) is 35.3 Å². The molecule has 0 aromatic rings. The van der Waals surface area contributed by atoms with Crippen molar-refractivity contribution in [1.82, 2.24) is 0 Å². The summed E-state index contributed by atoms with van der Waals surface area (Å²) in [6, 6.07) is 0. The summed E-state index contributed by atoms with van der Waals surface area (Å²) in [5.74, 6) is 0. The van der Waals surface area contributed by atoms with E-state index in [9.17, 15) is 0 Å². The average molecular weight is 223 g/mol. The first-order valence-corrected chi connectivity index (χ1v) is 5.08. The van der Waals surface area contributed by atoms with Crippen LogP contribution in [0.5, 0.6) is 0 Å². The molecule has 3 heteroatoms. The molecule has 0 aliphatic heterocycles. The van der Waals surface area contributed by atoms with Crippen LogP contribution in [0.15, 0.2) is 24.3 Å². The van der Waals surface area contributed by atoms with Crippen molar-refractivity contribution in [3.05, 3.63) is 24.3 Å². The van der Waals surface area contributed by atoms with E-state index in [1.807, 2.05) is 0 Å². The van der Waals surface area contributed by atoms with Crippen LogP contribution in [-0.2, 0) is 23.4 Å². The van der Waals surface area contributed by atoms with Gasteiger partial charge in [-0.15, -0.1) is 0 Å². The Hall–Kier alpha value is -0.854. The molecule has 0 radical (unpaired) electrons. The van der Waals surface area contributed by atoms with Crippen LogP contribution < -0.4 is 0 Å². The SMILES string of the molecule is C1=CCCC=CCC1.O=[C]=[Co]=[C]=O. The molecule has 0 unspecified atom stereocenters. The van der Waals surface area contributed by atoms with Gasteiger partial charge in [-0.2, -0.15) is 0 Å². The summed E-state index contributed by atoms with van der Waals surface area (Å²) in [5, 5.41) is 0. The summed E-state index contributed by atoms with van der Waals surface area (Å²) in [6.45, 7) is 0. The molecule has 0 saturated heterocycles. The first-order valence-electron chi connectivity index (χ1n) is 4.04. The van der Waals surface area contributed by atoms with E-state index in [0.717, 1.165) is 0 Å². The second kappa shape index (κ2) is 11.1. The molecular weight excluding hydrogens is 211 g/mol. The van der Waals surface area contributed by atoms with Gasteiger partial charge in [0.05, 0.1) is 0 Å². The van der Waals surface area contributed by atoms with Crippen molar-refractivity contribution in [2.45, 2.75) is 25.7 Å². The van der Waals surface area contributed by atoms with Crippen LogP contribution in [0, 0.1) is 0 Å². The Bertz CT molecular complexity index is 237. The molecule has 73 valence electrons. The van der Waals surface area contributed by atoms with Crippen molar-refractivity contribution >= 4 is 9.65 Å². The number of hydrogen-bond donors (Lipinski definition) is 0. The van der Waals surface area contributed by atoms with Gasteiger partial charge in [-0.25, -0.2) is 0 Å². The Morgan fingerprint density at radius 1 is 0.769 bits per heavy atom. The van der Waals surface area contributed by atoms with Gasteiger partial charge in [0.1, 0.15) is 0 Å². The fourth-order valence-electron chi connectivity index (χ4n) is 0.870. The van der Waals surface area contributed by atoms with Crippen LogP contribution >= 0.6 is 0 Å². The molecule has 0 amide bonds. The molecule has 0 N–H and O–H groups in total. The zero-order chi connectivity index (χ0) is 9.78. The minimum absolute atomic E-state index is 0.00694. The summed E-state index contributed by atoms with van der Waals surface area (Å²) >= 11 is -0.00694. The van der Waals surface area contributed by atoms with Crippen LogP contribution in [0.1, 0.15) is 25.7 Å². The first-order chi connectivity index (χ1) is 6.41. The third-order valence-electron chi connectivity index (χ3n) is 1.40. The van der Waals surface area contributed by atoms with E-state index in [-0.39, 0.29) is 13.8 Å². The molecule has 0 fully saturated rings. The molecule has 0 bridgehead atoms. The average Bonchev–Trinajstić information content (AvgIpc) is 2.05. The summed E-state index contributed by atoms with van der Waals surface area (Å²) in [4.78, 5) is 20.6. The van der Waals surface area contributed by atoms with Crippen LogP contribution in [-0.4, -0.2) is 9.65 Å². The van der Waals surface area contributed by atoms with Gasteiger partial charge in [0, 0.05) is 0 Å². The normalized spacial score (nSPS) is 14.2. The van der Waals surface area contributed by atoms with Gasteiger partial charge in [0.25, 0.3) is 0 Å². The second-order valence-electron chi connectivity index (χ2n) is 2.32. The van der Waals surface area contributed by atoms with Crippen LogP contribution in [0.3, 0.4) is 0 Å². The molecule has 0 aromatic heterocycles. The van der Waals surface area contributed by atoms with Crippen molar-refractivity contribution in [2.75, 3.05) is 0 Å². The van der Waals surface area contributed by atoms with Crippen LogP contribution in [0.25, 0.3) is 0 Å². The Morgan fingerprint density at radius 3 is 1.23 bits per heavy atom. The van der Waals surface area contributed by atoms with Gasteiger partial charge in [-0.3, -0.25) is 0 Å². The monoisotopic (exact) mass is 223 g/mol. The number of carbonyl (C=O) groups excluding carboxylic acids is 2. The third-order valence-corrected chi connectivity index (χ3v) is 1.61. The van der Waals surface area contributed by atoms with E-state index >= 15 is 0 Å². The zero-order valence-corrected chi connectivity index (χ0v) is 8.33. The Labute approximate surface area is 83.4 Å². The summed E-state index contributed by atoms with van der Waals surface area (Å²) < 4.78 is 0. The second-order valence-corrected chi connectivity index (χ2v) is 3.00. The Morgan fingerprint density at radius 2 is 1.08 bits per heavy atom. The van der Waals surface area contributed by atoms with Crippen molar-refractivity contribution < 1.29 is 23.4 Å². The van der Waals surface area contributed by atoms with Gasteiger partial charge in [0.15, 0.2) is 0 Å². The summed E-state index contributed by atoms with van der Waals surface area (Å²) in [6.07, 6.45) is 14.0. The molecule has 0 saturated carbocycles. The van der Waals surface area contributed by atoms with Gasteiger partial charge in [0.2, 0.25) is 0 Å². The minimum atomic E-state index is -0.00694. The van der Waals surface area contributed by atoms with Crippen molar-refractivity contribution in [3.8, 4) is 0 Å². The van der Waals surface area contributed by atoms with Crippen molar-refractivity contribution in [2.24, 2.45) is 0 Å². The first kappa shape index (κ1) is 12.1. The predicted octanol–water partition coefficient (Wildman–Crippen LogP) is 1.88. The topological polar surface area (TPSA) is 34.1 Å². The Kier molecular flexibility index (Phi) is 10.4. The predicted molar refractivity (Wildman–Crippen MR) is 48.1 cm³/mol. The van der Waals surface area contributed by atoms with E-state index in [2.05, 4.69) is 24.3 Å². The summed E-state index contributed by atoms with van der Waals surface area (Å²) in [5.41, 5.74) is 0. The van der Waals surface area contributed by atoms with E-state index in [1.54, 1.807) is 0 Å². The maximum absolute atomic E-state index is 9.00. The van der Waals surface area contributed by atoms with Crippen LogP contribution in [0.4, 0.5) is 0 Å². The van der Waals surface area contributed by atoms with Crippen LogP contribution in [0.2, 0.25) is 0 Å². The molecule has 0 heterocycles. The van der Waals surface area contributed by atoms with E-state index < -0.39 is 0 Å². The quantitative estimate of drug-likeness (QED) is 0.587. The molecule has 0 atom stereocenters. The Balaban J connectivity index is 0.000000252. The molecule has 13 heavy (non-hydrogen) atoms. The standard InChI is InChI=1S/C8H12.2CO.Co/c1-2-4-6-8-7-5-3-1;2*1-2;/h1-2,7-8H,3-6H2;;;. The van der Waals surface area contributed by atoms with Crippen molar-refractivity contribution in [3.63, 3.8) is 0 Å². The van der Waals surface area contributed by atoms with E-state index in [0.29, 0.717) is 0 Å². The van der Waals surface area contributed by atoms with Gasteiger partial charge in [-0.1, -0.05) is 24.3 Å². The third kappa shape index (κ3) is 11.1. The maximum atomic E-state index is 9.00. The van der Waals surface area contributed by atoms with Crippen molar-refractivity contribution in [1.29, 1.82) is 0 Å². The zero-order valence-electron chi connectivity index (χ0n) is 7.29. The molecular formula is C10H12CoO2. The van der Waals surface area contributed by atoms with Gasteiger partial charge < -0.3 is 0 Å². The molecule has 0 aromatic carbocycles. The molecule has 1 rings (SSSR count). The number of hydrogen-bond acceptors (Lipinski definition) is 2. The fraction of sp³-hybridized carbons (Fsp3) is 0.400. The number of rotatable bonds is 0. The van der Waals surface area contributed by atoms with Gasteiger partial charge >= 0.3 is 33.1 Å². The molecule has 1 aliphatic rings. The van der Waals surface area contributed by atoms with Gasteiger partial charge in [-0.05, 0) is 25.7 Å². The molecule has 1 aliphatic carbocycles. The molecule has 0 spiro atoms.